The number of nitrogens with one attached hydrogen (secondary N) is 1. The first-order valence-corrected chi connectivity index (χ1v) is 9.92. The molecule has 1 aliphatic heterocycles. The van der Waals surface area contributed by atoms with E-state index in [4.69, 9.17) is 0 Å². The topological polar surface area (TPSA) is 87.1 Å². The van der Waals surface area contributed by atoms with Crippen LogP contribution >= 0.6 is 11.8 Å². The van der Waals surface area contributed by atoms with E-state index in [9.17, 15) is 19.1 Å². The number of carboxylic acids is 1. The van der Waals surface area contributed by atoms with E-state index in [-0.39, 0.29) is 27.8 Å². The van der Waals surface area contributed by atoms with Gasteiger partial charge in [-0.3, -0.25) is 4.79 Å². The number of carbonyl (C=O) groups excluding carboxylic acids is 2. The Labute approximate surface area is 170 Å². The summed E-state index contributed by atoms with van der Waals surface area (Å²) in [5.74, 6) is -1.22. The van der Waals surface area contributed by atoms with Gasteiger partial charge in [0.2, 0.25) is 5.91 Å². The second-order valence-electron chi connectivity index (χ2n) is 6.79. The molecule has 1 N–H and O–H groups in total. The molecule has 4 rings (SSSR count). The highest BCUT2D eigenvalue weighted by Crippen LogP contribution is 2.46. The zero-order valence-corrected chi connectivity index (χ0v) is 16.5. The Hall–Kier alpha value is -3.13. The van der Waals surface area contributed by atoms with E-state index in [2.05, 4.69) is 10.4 Å². The Bertz CT molecular complexity index is 1090. The molecule has 29 heavy (non-hydrogen) atoms. The predicted octanol–water partition coefficient (Wildman–Crippen LogP) is 2.85. The number of amides is 1. The highest BCUT2D eigenvalue weighted by Gasteiger charge is 2.34. The average Bonchev–Trinajstić information content (AvgIpc) is 2.94. The fraction of sp³-hybridized carbons (Fsp3) is 0.190. The molecule has 0 bridgehead atoms. The standard InChI is InChI=1S/C21H18FN3O3S/c1-11-17-18(13-3-5-14(6-4-13)21(27)28)29-12(2)20(26)23-19(17)25(24-11)16-9-7-15(22)8-10-16/h3-10,12,18H,1-2H3,(H,23,26)(H,27,28)/p-1/t12-,18-/m0/s1. The number of fused-ring (bicyclic) bond motifs is 1. The van der Waals surface area contributed by atoms with Crippen LogP contribution in [-0.4, -0.2) is 26.9 Å². The van der Waals surface area contributed by atoms with Crippen molar-refractivity contribution in [2.24, 2.45) is 0 Å². The molecule has 2 heterocycles. The number of thioether (sulfide) groups is 1. The number of halogens is 1. The predicted molar refractivity (Wildman–Crippen MR) is 107 cm³/mol. The zero-order valence-electron chi connectivity index (χ0n) is 15.7. The Kier molecular flexibility index (Phi) is 4.87. The quantitative estimate of drug-likeness (QED) is 0.718. The maximum Gasteiger partial charge on any atom is 0.238 e. The van der Waals surface area contributed by atoms with Crippen LogP contribution in [0.4, 0.5) is 10.2 Å². The first-order chi connectivity index (χ1) is 13.8. The van der Waals surface area contributed by atoms with E-state index in [0.29, 0.717) is 11.5 Å². The van der Waals surface area contributed by atoms with Crippen LogP contribution in [0.1, 0.15) is 39.4 Å². The fourth-order valence-corrected chi connectivity index (χ4v) is 4.66. The molecule has 8 heteroatoms. The van der Waals surface area contributed by atoms with Crippen molar-refractivity contribution < 1.29 is 19.1 Å². The van der Waals surface area contributed by atoms with E-state index in [0.717, 1.165) is 16.8 Å². The molecule has 0 saturated carbocycles. The van der Waals surface area contributed by atoms with Gasteiger partial charge < -0.3 is 15.2 Å². The van der Waals surface area contributed by atoms with Crippen molar-refractivity contribution in [2.45, 2.75) is 24.3 Å². The second-order valence-corrected chi connectivity index (χ2v) is 8.24. The van der Waals surface area contributed by atoms with Crippen LogP contribution in [0.25, 0.3) is 5.69 Å². The summed E-state index contributed by atoms with van der Waals surface area (Å²) in [5, 5.41) is 18.0. The Morgan fingerprint density at radius 1 is 1.17 bits per heavy atom. The first kappa shape index (κ1) is 19.2. The summed E-state index contributed by atoms with van der Waals surface area (Å²) in [4.78, 5) is 23.7. The van der Waals surface area contributed by atoms with Crippen molar-refractivity contribution in [3.63, 3.8) is 0 Å². The van der Waals surface area contributed by atoms with E-state index < -0.39 is 5.97 Å². The molecule has 0 aliphatic carbocycles. The van der Waals surface area contributed by atoms with Crippen molar-refractivity contribution in [2.75, 3.05) is 5.32 Å². The number of hydrogen-bond donors (Lipinski definition) is 1. The minimum absolute atomic E-state index is 0.0913. The third-order valence-electron chi connectivity index (χ3n) is 4.84. The molecule has 0 unspecified atom stereocenters. The summed E-state index contributed by atoms with van der Waals surface area (Å²) in [7, 11) is 0. The SMILES string of the molecule is Cc1nn(-c2ccc(F)cc2)c2c1[C@H](c1ccc(C(=O)[O-])cc1)S[C@@H](C)C(=O)N2. The lowest BCUT2D eigenvalue weighted by Gasteiger charge is -2.18. The molecule has 148 valence electrons. The van der Waals surface area contributed by atoms with Gasteiger partial charge >= 0.3 is 0 Å². The molecule has 1 amide bonds. The van der Waals surface area contributed by atoms with Crippen molar-refractivity contribution in [3.05, 3.63) is 76.7 Å². The van der Waals surface area contributed by atoms with Crippen LogP contribution in [0.5, 0.6) is 0 Å². The number of aromatic nitrogens is 2. The maximum absolute atomic E-state index is 13.3. The van der Waals surface area contributed by atoms with Crippen molar-refractivity contribution in [3.8, 4) is 5.69 Å². The van der Waals surface area contributed by atoms with Crippen LogP contribution in [0, 0.1) is 12.7 Å². The van der Waals surface area contributed by atoms with Gasteiger partial charge in [0.15, 0.2) is 0 Å². The molecule has 0 radical (unpaired) electrons. The number of aryl methyl sites for hydroxylation is 1. The minimum atomic E-state index is -1.24. The second kappa shape index (κ2) is 7.36. The number of carboxylic acid groups (broad SMARTS) is 1. The van der Waals surface area contributed by atoms with Gasteiger partial charge in [0.1, 0.15) is 11.6 Å². The Balaban J connectivity index is 1.86. The summed E-state index contributed by atoms with van der Waals surface area (Å²) < 4.78 is 14.9. The summed E-state index contributed by atoms with van der Waals surface area (Å²) in [6.45, 7) is 3.67. The van der Waals surface area contributed by atoms with Crippen LogP contribution in [0.2, 0.25) is 0 Å². The van der Waals surface area contributed by atoms with Crippen LogP contribution in [0.3, 0.4) is 0 Å². The zero-order chi connectivity index (χ0) is 20.7. The van der Waals surface area contributed by atoms with Crippen molar-refractivity contribution >= 4 is 29.5 Å². The number of aromatic carboxylic acids is 1. The van der Waals surface area contributed by atoms with Crippen molar-refractivity contribution in [1.29, 1.82) is 0 Å². The third kappa shape index (κ3) is 3.51. The first-order valence-electron chi connectivity index (χ1n) is 8.98. The summed E-state index contributed by atoms with van der Waals surface area (Å²) in [6.07, 6.45) is 0. The fourth-order valence-electron chi connectivity index (χ4n) is 3.33. The normalized spacial score (nSPS) is 18.7. The lowest BCUT2D eigenvalue weighted by molar-refractivity contribution is -0.255. The van der Waals surface area contributed by atoms with Crippen molar-refractivity contribution in [1.82, 2.24) is 9.78 Å². The third-order valence-corrected chi connectivity index (χ3v) is 6.24. The number of rotatable bonds is 3. The molecule has 0 saturated heterocycles. The van der Waals surface area contributed by atoms with Gasteiger partial charge in [0, 0.05) is 5.56 Å². The van der Waals surface area contributed by atoms with Gasteiger partial charge in [-0.1, -0.05) is 24.3 Å². The van der Waals surface area contributed by atoms with Gasteiger partial charge in [0.25, 0.3) is 0 Å². The number of nitrogens with zero attached hydrogens (tertiary/aromatic N) is 2. The highest BCUT2D eigenvalue weighted by atomic mass is 32.2. The number of hydrogen-bond acceptors (Lipinski definition) is 5. The van der Waals surface area contributed by atoms with Gasteiger partial charge in [-0.2, -0.15) is 5.10 Å². The monoisotopic (exact) mass is 410 g/mol. The number of anilines is 1. The van der Waals surface area contributed by atoms with E-state index in [1.165, 1.54) is 36.0 Å². The molecule has 0 spiro atoms. The average molecular weight is 410 g/mol. The summed E-state index contributed by atoms with van der Waals surface area (Å²) in [6, 6.07) is 12.3. The van der Waals surface area contributed by atoms with E-state index >= 15 is 0 Å². The van der Waals surface area contributed by atoms with Gasteiger partial charge in [-0.25, -0.2) is 9.07 Å². The Morgan fingerprint density at radius 3 is 2.45 bits per heavy atom. The molecular formula is C21H17FN3O3S-. The lowest BCUT2D eigenvalue weighted by Crippen LogP contribution is -2.22. The molecular weight excluding hydrogens is 393 g/mol. The van der Waals surface area contributed by atoms with Gasteiger partial charge in [-0.15, -0.1) is 11.8 Å². The minimum Gasteiger partial charge on any atom is -0.545 e. The highest BCUT2D eigenvalue weighted by molar-refractivity contribution is 8.01. The molecule has 0 fully saturated rings. The van der Waals surface area contributed by atoms with Gasteiger partial charge in [0.05, 0.1) is 27.9 Å². The maximum atomic E-state index is 13.3. The molecule has 3 aromatic rings. The summed E-state index contributed by atoms with van der Waals surface area (Å²) >= 11 is 1.46. The Morgan fingerprint density at radius 2 is 1.83 bits per heavy atom. The molecule has 1 aliphatic rings. The van der Waals surface area contributed by atoms with Crippen LogP contribution < -0.4 is 10.4 Å². The van der Waals surface area contributed by atoms with E-state index in [1.54, 1.807) is 28.9 Å². The lowest BCUT2D eigenvalue weighted by atomic mass is 10.0. The molecule has 2 atom stereocenters. The molecule has 1 aromatic heterocycles. The smallest absolute Gasteiger partial charge is 0.238 e. The number of carbonyl (C=O) groups is 2. The van der Waals surface area contributed by atoms with Gasteiger partial charge in [-0.05, 0) is 49.2 Å². The van der Waals surface area contributed by atoms with Crippen LogP contribution in [-0.2, 0) is 4.79 Å². The molecule has 2 aromatic carbocycles. The summed E-state index contributed by atoms with van der Waals surface area (Å²) in [5.41, 5.74) is 3.13. The van der Waals surface area contributed by atoms with Crippen LogP contribution in [0.15, 0.2) is 48.5 Å². The molecule has 6 nitrogen and oxygen atoms in total. The van der Waals surface area contributed by atoms with E-state index in [1.807, 2.05) is 13.8 Å². The largest absolute Gasteiger partial charge is 0.545 e. The number of benzene rings is 2.